The average Bonchev–Trinajstić information content (AvgIpc) is 3.02. The van der Waals surface area contributed by atoms with E-state index in [4.69, 9.17) is 0 Å². The number of hydrogen-bond donors (Lipinski definition) is 1. The SMILES string of the molecule is Fc1ccccc1-c1csc(NC2CCCC2)n1. The van der Waals surface area contributed by atoms with Gasteiger partial charge in [0.1, 0.15) is 5.82 Å². The van der Waals surface area contributed by atoms with Crippen LogP contribution in [-0.2, 0) is 0 Å². The molecule has 18 heavy (non-hydrogen) atoms. The Hall–Kier alpha value is -1.42. The van der Waals surface area contributed by atoms with Gasteiger partial charge < -0.3 is 5.32 Å². The summed E-state index contributed by atoms with van der Waals surface area (Å²) in [4.78, 5) is 4.47. The molecule has 0 amide bonds. The van der Waals surface area contributed by atoms with Crippen LogP contribution in [-0.4, -0.2) is 11.0 Å². The molecule has 0 saturated heterocycles. The van der Waals surface area contributed by atoms with E-state index in [-0.39, 0.29) is 5.82 Å². The zero-order valence-electron chi connectivity index (χ0n) is 10.0. The van der Waals surface area contributed by atoms with Crippen LogP contribution in [0.1, 0.15) is 25.7 Å². The Morgan fingerprint density at radius 3 is 2.78 bits per heavy atom. The molecule has 1 aromatic heterocycles. The summed E-state index contributed by atoms with van der Waals surface area (Å²) in [5.41, 5.74) is 1.30. The van der Waals surface area contributed by atoms with Gasteiger partial charge in [0.2, 0.25) is 0 Å². The van der Waals surface area contributed by atoms with Gasteiger partial charge in [-0.15, -0.1) is 11.3 Å². The van der Waals surface area contributed by atoms with Crippen molar-refractivity contribution in [3.8, 4) is 11.3 Å². The molecule has 1 saturated carbocycles. The number of halogens is 1. The first-order valence-electron chi connectivity index (χ1n) is 6.30. The van der Waals surface area contributed by atoms with Gasteiger partial charge in [-0.3, -0.25) is 0 Å². The molecule has 1 aliphatic rings. The maximum absolute atomic E-state index is 13.6. The van der Waals surface area contributed by atoms with Gasteiger partial charge in [0.25, 0.3) is 0 Å². The second-order valence-corrected chi connectivity index (χ2v) is 5.50. The second kappa shape index (κ2) is 5.06. The van der Waals surface area contributed by atoms with E-state index in [9.17, 15) is 4.39 Å². The molecule has 0 atom stereocenters. The van der Waals surface area contributed by atoms with E-state index in [1.807, 2.05) is 11.4 Å². The minimum absolute atomic E-state index is 0.213. The van der Waals surface area contributed by atoms with Crippen LogP contribution in [0.4, 0.5) is 9.52 Å². The van der Waals surface area contributed by atoms with E-state index < -0.39 is 0 Å². The minimum Gasteiger partial charge on any atom is -0.359 e. The summed E-state index contributed by atoms with van der Waals surface area (Å²) in [5.74, 6) is -0.213. The van der Waals surface area contributed by atoms with Crippen molar-refractivity contribution in [2.45, 2.75) is 31.7 Å². The molecule has 0 spiro atoms. The predicted molar refractivity (Wildman–Crippen MR) is 73.4 cm³/mol. The first-order chi connectivity index (χ1) is 8.83. The van der Waals surface area contributed by atoms with Crippen LogP contribution in [0.25, 0.3) is 11.3 Å². The molecular weight excluding hydrogens is 247 g/mol. The Kier molecular flexibility index (Phi) is 3.28. The van der Waals surface area contributed by atoms with Crippen LogP contribution in [0.5, 0.6) is 0 Å². The number of rotatable bonds is 3. The number of nitrogens with one attached hydrogen (secondary N) is 1. The molecule has 4 heteroatoms. The van der Waals surface area contributed by atoms with Crippen LogP contribution in [0.15, 0.2) is 29.6 Å². The Labute approximate surface area is 110 Å². The summed E-state index contributed by atoms with van der Waals surface area (Å²) >= 11 is 1.55. The smallest absolute Gasteiger partial charge is 0.183 e. The van der Waals surface area contributed by atoms with Crippen molar-refractivity contribution in [3.63, 3.8) is 0 Å². The highest BCUT2D eigenvalue weighted by molar-refractivity contribution is 7.14. The van der Waals surface area contributed by atoms with Crippen molar-refractivity contribution >= 4 is 16.5 Å². The molecule has 0 radical (unpaired) electrons. The summed E-state index contributed by atoms with van der Waals surface area (Å²) in [5, 5.41) is 6.25. The van der Waals surface area contributed by atoms with Crippen molar-refractivity contribution < 1.29 is 4.39 Å². The van der Waals surface area contributed by atoms with Crippen LogP contribution in [0, 0.1) is 5.82 Å². The summed E-state index contributed by atoms with van der Waals surface area (Å²) in [7, 11) is 0. The Morgan fingerprint density at radius 1 is 1.22 bits per heavy atom. The topological polar surface area (TPSA) is 24.9 Å². The van der Waals surface area contributed by atoms with Crippen molar-refractivity contribution in [2.75, 3.05) is 5.32 Å². The standard InChI is InChI=1S/C14H15FN2S/c15-12-8-4-3-7-11(12)13-9-18-14(17-13)16-10-5-1-2-6-10/h3-4,7-10H,1-2,5-6H2,(H,16,17). The van der Waals surface area contributed by atoms with E-state index in [0.29, 0.717) is 11.6 Å². The highest BCUT2D eigenvalue weighted by Crippen LogP contribution is 2.29. The molecule has 1 aromatic carbocycles. The van der Waals surface area contributed by atoms with Crippen molar-refractivity contribution in [1.29, 1.82) is 0 Å². The van der Waals surface area contributed by atoms with Gasteiger partial charge in [0.05, 0.1) is 5.69 Å². The van der Waals surface area contributed by atoms with Crippen molar-refractivity contribution in [2.24, 2.45) is 0 Å². The van der Waals surface area contributed by atoms with E-state index in [1.54, 1.807) is 23.5 Å². The molecule has 1 N–H and O–H groups in total. The highest BCUT2D eigenvalue weighted by atomic mass is 32.1. The summed E-state index contributed by atoms with van der Waals surface area (Å²) in [6.07, 6.45) is 5.02. The fourth-order valence-corrected chi connectivity index (χ4v) is 3.17. The molecule has 1 fully saturated rings. The fourth-order valence-electron chi connectivity index (χ4n) is 2.38. The molecule has 2 nitrogen and oxygen atoms in total. The van der Waals surface area contributed by atoms with Gasteiger partial charge in [-0.05, 0) is 25.0 Å². The lowest BCUT2D eigenvalue weighted by Gasteiger charge is -2.09. The Morgan fingerprint density at radius 2 is 2.00 bits per heavy atom. The lowest BCUT2D eigenvalue weighted by atomic mass is 10.2. The first-order valence-corrected chi connectivity index (χ1v) is 7.18. The average molecular weight is 262 g/mol. The van der Waals surface area contributed by atoms with Gasteiger partial charge >= 0.3 is 0 Å². The quantitative estimate of drug-likeness (QED) is 0.891. The van der Waals surface area contributed by atoms with Gasteiger partial charge in [-0.25, -0.2) is 9.37 Å². The number of nitrogens with zero attached hydrogens (tertiary/aromatic N) is 1. The zero-order valence-corrected chi connectivity index (χ0v) is 10.8. The van der Waals surface area contributed by atoms with E-state index in [2.05, 4.69) is 10.3 Å². The molecule has 0 bridgehead atoms. The predicted octanol–water partition coefficient (Wildman–Crippen LogP) is 4.30. The lowest BCUT2D eigenvalue weighted by molar-refractivity contribution is 0.631. The highest BCUT2D eigenvalue weighted by Gasteiger charge is 2.16. The molecule has 3 rings (SSSR count). The molecule has 2 aromatic rings. The number of benzene rings is 1. The Balaban J connectivity index is 1.79. The van der Waals surface area contributed by atoms with Gasteiger partial charge in [0.15, 0.2) is 5.13 Å². The number of thiazole rings is 1. The maximum atomic E-state index is 13.6. The number of hydrogen-bond acceptors (Lipinski definition) is 3. The van der Waals surface area contributed by atoms with Crippen LogP contribution < -0.4 is 5.32 Å². The third-order valence-corrected chi connectivity index (χ3v) is 4.11. The third-order valence-electron chi connectivity index (χ3n) is 3.34. The fraction of sp³-hybridized carbons (Fsp3) is 0.357. The molecule has 1 heterocycles. The van der Waals surface area contributed by atoms with E-state index in [1.165, 1.54) is 31.7 Å². The van der Waals surface area contributed by atoms with Crippen LogP contribution >= 0.6 is 11.3 Å². The van der Waals surface area contributed by atoms with Crippen molar-refractivity contribution in [1.82, 2.24) is 4.98 Å². The molecule has 1 aliphatic carbocycles. The first kappa shape index (κ1) is 11.7. The summed E-state index contributed by atoms with van der Waals surface area (Å²) < 4.78 is 13.6. The number of aromatic nitrogens is 1. The van der Waals surface area contributed by atoms with Crippen LogP contribution in [0.2, 0.25) is 0 Å². The minimum atomic E-state index is -0.213. The van der Waals surface area contributed by atoms with E-state index >= 15 is 0 Å². The number of anilines is 1. The molecule has 0 aliphatic heterocycles. The monoisotopic (exact) mass is 262 g/mol. The van der Waals surface area contributed by atoms with Crippen molar-refractivity contribution in [3.05, 3.63) is 35.5 Å². The summed E-state index contributed by atoms with van der Waals surface area (Å²) in [6, 6.07) is 7.32. The lowest BCUT2D eigenvalue weighted by Crippen LogP contribution is -2.14. The van der Waals surface area contributed by atoms with Crippen LogP contribution in [0.3, 0.4) is 0 Å². The molecular formula is C14H15FN2S. The largest absolute Gasteiger partial charge is 0.359 e. The van der Waals surface area contributed by atoms with Gasteiger partial charge in [-0.1, -0.05) is 25.0 Å². The third kappa shape index (κ3) is 2.38. The van der Waals surface area contributed by atoms with Gasteiger partial charge in [0, 0.05) is 17.0 Å². The Bertz CT molecular complexity index is 532. The molecule has 94 valence electrons. The summed E-state index contributed by atoms with van der Waals surface area (Å²) in [6.45, 7) is 0. The van der Waals surface area contributed by atoms with E-state index in [0.717, 1.165) is 10.8 Å². The second-order valence-electron chi connectivity index (χ2n) is 4.64. The van der Waals surface area contributed by atoms with Gasteiger partial charge in [-0.2, -0.15) is 0 Å². The molecule has 0 unspecified atom stereocenters. The zero-order chi connectivity index (χ0) is 12.4. The maximum Gasteiger partial charge on any atom is 0.183 e. The normalized spacial score (nSPS) is 16.1.